The molecule has 31 heavy (non-hydrogen) atoms. The van der Waals surface area contributed by atoms with Crippen molar-refractivity contribution in [3.8, 4) is 17.1 Å². The molecule has 1 saturated heterocycles. The number of nitrogens with zero attached hydrogens (tertiary/aromatic N) is 4. The normalized spacial score (nSPS) is 16.8. The van der Waals surface area contributed by atoms with Crippen LogP contribution in [0.2, 0.25) is 0 Å². The summed E-state index contributed by atoms with van der Waals surface area (Å²) in [5, 5.41) is 11.3. The molecule has 0 aliphatic carbocycles. The van der Waals surface area contributed by atoms with E-state index in [-0.39, 0.29) is 11.7 Å². The molecule has 4 aromatic rings. The van der Waals surface area contributed by atoms with Gasteiger partial charge in [0.2, 0.25) is 11.9 Å². The molecule has 8 nitrogen and oxygen atoms in total. The van der Waals surface area contributed by atoms with Crippen molar-refractivity contribution >= 4 is 28.4 Å². The number of carbonyl (C=O) groups is 1. The van der Waals surface area contributed by atoms with Gasteiger partial charge in [-0.1, -0.05) is 12.1 Å². The average molecular weight is 420 g/mol. The van der Waals surface area contributed by atoms with Crippen LogP contribution >= 0.6 is 0 Å². The highest BCUT2D eigenvalue weighted by molar-refractivity contribution is 5.93. The van der Waals surface area contributed by atoms with Crippen molar-refractivity contribution in [2.75, 3.05) is 19.0 Å². The van der Waals surface area contributed by atoms with Gasteiger partial charge in [-0.2, -0.15) is 4.52 Å². The number of aromatic nitrogens is 4. The molecule has 1 fully saturated rings. The monoisotopic (exact) mass is 420 g/mol. The zero-order chi connectivity index (χ0) is 21.4. The summed E-state index contributed by atoms with van der Waals surface area (Å²) >= 11 is 0. The molecule has 3 heterocycles. The van der Waals surface area contributed by atoms with Crippen LogP contribution in [0.1, 0.15) is 19.3 Å². The zero-order valence-corrected chi connectivity index (χ0v) is 16.9. The molecule has 158 valence electrons. The van der Waals surface area contributed by atoms with Crippen molar-refractivity contribution in [1.29, 1.82) is 0 Å². The molecule has 9 heteroatoms. The van der Waals surface area contributed by atoms with Gasteiger partial charge in [0.15, 0.2) is 11.5 Å². The first-order valence-corrected chi connectivity index (χ1v) is 10.2. The highest BCUT2D eigenvalue weighted by Crippen LogP contribution is 2.27. The molecule has 5 rings (SSSR count). The number of benzene rings is 2. The van der Waals surface area contributed by atoms with Gasteiger partial charge in [-0.15, -0.1) is 5.10 Å². The van der Waals surface area contributed by atoms with Crippen LogP contribution in [-0.4, -0.2) is 45.2 Å². The summed E-state index contributed by atoms with van der Waals surface area (Å²) in [6.07, 6.45) is 2.55. The summed E-state index contributed by atoms with van der Waals surface area (Å²) in [5.41, 5.74) is 1.78. The van der Waals surface area contributed by atoms with E-state index >= 15 is 0 Å². The first-order chi connectivity index (χ1) is 15.1. The number of halogens is 1. The maximum Gasteiger partial charge on any atom is 0.242 e. The van der Waals surface area contributed by atoms with Gasteiger partial charge in [0.05, 0.1) is 12.6 Å². The molecule has 1 amide bonds. The number of hydrogen-bond donors (Lipinski definition) is 2. The van der Waals surface area contributed by atoms with Crippen molar-refractivity contribution < 1.29 is 13.9 Å². The van der Waals surface area contributed by atoms with Gasteiger partial charge >= 0.3 is 0 Å². The fourth-order valence-corrected chi connectivity index (χ4v) is 3.79. The minimum atomic E-state index is -0.430. The van der Waals surface area contributed by atoms with Crippen LogP contribution in [0, 0.1) is 5.82 Å². The minimum Gasteiger partial charge on any atom is -0.497 e. The number of anilines is 1. The minimum absolute atomic E-state index is 0.0696. The average Bonchev–Trinajstić information content (AvgIpc) is 3.15. The molecule has 0 radical (unpaired) electrons. The Morgan fingerprint density at radius 3 is 2.97 bits per heavy atom. The van der Waals surface area contributed by atoms with Gasteiger partial charge in [0.1, 0.15) is 17.6 Å². The Morgan fingerprint density at radius 1 is 1.19 bits per heavy atom. The molecule has 2 N–H and O–H groups in total. The maximum absolute atomic E-state index is 14.0. The number of fused-ring (bicyclic) bond motifs is 3. The SMILES string of the molecule is COc1cccc(-c2nc3c4cc(F)ccc4nc(N[C@H]4CCCCNC4=O)n3n2)c1. The second kappa shape index (κ2) is 7.82. The molecule has 1 aliphatic heterocycles. The number of nitrogens with one attached hydrogen (secondary N) is 2. The predicted molar refractivity (Wildman–Crippen MR) is 115 cm³/mol. The van der Waals surface area contributed by atoms with Gasteiger partial charge in [-0.3, -0.25) is 4.79 Å². The molecule has 1 aliphatic rings. The Kier molecular flexibility index (Phi) is 4.85. The van der Waals surface area contributed by atoms with Gasteiger partial charge in [-0.05, 0) is 49.6 Å². The lowest BCUT2D eigenvalue weighted by Crippen LogP contribution is -2.38. The summed E-state index contributed by atoms with van der Waals surface area (Å²) in [6, 6.07) is 11.3. The Balaban J connectivity index is 1.67. The fourth-order valence-electron chi connectivity index (χ4n) is 3.79. The van der Waals surface area contributed by atoms with Crippen molar-refractivity contribution in [3.63, 3.8) is 0 Å². The molecular weight excluding hydrogens is 399 g/mol. The molecule has 0 unspecified atom stereocenters. The summed E-state index contributed by atoms with van der Waals surface area (Å²) < 4.78 is 20.8. The maximum atomic E-state index is 14.0. The van der Waals surface area contributed by atoms with E-state index in [0.717, 1.165) is 18.4 Å². The van der Waals surface area contributed by atoms with Gasteiger partial charge in [0, 0.05) is 17.5 Å². The predicted octanol–water partition coefficient (Wildman–Crippen LogP) is 3.17. The van der Waals surface area contributed by atoms with Gasteiger partial charge in [-0.25, -0.2) is 14.4 Å². The van der Waals surface area contributed by atoms with Crippen LogP contribution < -0.4 is 15.4 Å². The Labute approximate surface area is 177 Å². The summed E-state index contributed by atoms with van der Waals surface area (Å²) in [6.45, 7) is 0.667. The van der Waals surface area contributed by atoms with Gasteiger partial charge < -0.3 is 15.4 Å². The van der Waals surface area contributed by atoms with Gasteiger partial charge in [0.25, 0.3) is 0 Å². The number of hydrogen-bond acceptors (Lipinski definition) is 6. The number of amides is 1. The smallest absolute Gasteiger partial charge is 0.242 e. The number of methoxy groups -OCH3 is 1. The topological polar surface area (TPSA) is 93.4 Å². The molecule has 1 atom stereocenters. The second-order valence-electron chi connectivity index (χ2n) is 7.48. The lowest BCUT2D eigenvalue weighted by Gasteiger charge is -2.16. The number of rotatable bonds is 4. The van der Waals surface area contributed by atoms with E-state index < -0.39 is 6.04 Å². The highest BCUT2D eigenvalue weighted by Gasteiger charge is 2.23. The molecule has 0 saturated carbocycles. The van der Waals surface area contributed by atoms with Crippen LogP contribution in [0.15, 0.2) is 42.5 Å². The van der Waals surface area contributed by atoms with Crippen LogP contribution in [0.4, 0.5) is 10.3 Å². The first-order valence-electron chi connectivity index (χ1n) is 10.2. The highest BCUT2D eigenvalue weighted by atomic mass is 19.1. The number of ether oxygens (including phenoxy) is 1. The molecule has 2 aromatic carbocycles. The van der Waals surface area contributed by atoms with E-state index in [4.69, 9.17) is 4.74 Å². The second-order valence-corrected chi connectivity index (χ2v) is 7.48. The largest absolute Gasteiger partial charge is 0.497 e. The lowest BCUT2D eigenvalue weighted by molar-refractivity contribution is -0.121. The fraction of sp³-hybridized carbons (Fsp3) is 0.273. The Bertz CT molecular complexity index is 1290. The third-order valence-electron chi connectivity index (χ3n) is 5.40. The first kappa shape index (κ1) is 19.2. The molecule has 0 bridgehead atoms. The third-order valence-corrected chi connectivity index (χ3v) is 5.40. The Morgan fingerprint density at radius 2 is 2.10 bits per heavy atom. The summed E-state index contributed by atoms with van der Waals surface area (Å²) in [4.78, 5) is 21.7. The standard InChI is InChI=1S/C22H21FN6O2/c1-31-15-6-4-5-13(11-15)19-27-20-16-12-14(23)8-9-17(16)25-22(29(20)28-19)26-18-7-2-3-10-24-21(18)30/h4-6,8-9,11-12,18H,2-3,7,10H2,1H3,(H,24,30)(H,25,26)/t18-/m0/s1. The van der Waals surface area contributed by atoms with Crippen LogP contribution in [0.25, 0.3) is 27.9 Å². The van der Waals surface area contributed by atoms with E-state index in [1.165, 1.54) is 16.6 Å². The zero-order valence-electron chi connectivity index (χ0n) is 16.9. The van der Waals surface area contributed by atoms with Crippen molar-refractivity contribution in [2.45, 2.75) is 25.3 Å². The van der Waals surface area contributed by atoms with Crippen LogP contribution in [0.5, 0.6) is 5.75 Å². The molecular formula is C22H21FN6O2. The van der Waals surface area contributed by atoms with E-state index in [0.29, 0.717) is 47.0 Å². The summed E-state index contributed by atoms with van der Waals surface area (Å²) in [5.74, 6) is 1.06. The summed E-state index contributed by atoms with van der Waals surface area (Å²) in [7, 11) is 1.59. The molecule has 0 spiro atoms. The van der Waals surface area contributed by atoms with Crippen molar-refractivity contribution in [2.24, 2.45) is 0 Å². The van der Waals surface area contributed by atoms with E-state index in [1.54, 1.807) is 13.2 Å². The van der Waals surface area contributed by atoms with Crippen molar-refractivity contribution in [1.82, 2.24) is 24.9 Å². The van der Waals surface area contributed by atoms with E-state index in [9.17, 15) is 9.18 Å². The Hall–Kier alpha value is -3.75. The number of carbonyl (C=O) groups excluding carboxylic acids is 1. The van der Waals surface area contributed by atoms with Crippen LogP contribution in [0.3, 0.4) is 0 Å². The lowest BCUT2D eigenvalue weighted by atomic mass is 10.1. The van der Waals surface area contributed by atoms with E-state index in [1.807, 2.05) is 24.3 Å². The van der Waals surface area contributed by atoms with Crippen LogP contribution in [-0.2, 0) is 4.79 Å². The van der Waals surface area contributed by atoms with E-state index in [2.05, 4.69) is 25.7 Å². The quantitative estimate of drug-likeness (QED) is 0.527. The third kappa shape index (κ3) is 3.63. The molecule has 2 aromatic heterocycles. The van der Waals surface area contributed by atoms with Crippen molar-refractivity contribution in [3.05, 3.63) is 48.3 Å².